The van der Waals surface area contributed by atoms with Crippen molar-refractivity contribution < 1.29 is 38.4 Å². The predicted octanol–water partition coefficient (Wildman–Crippen LogP) is 5.68. The fourth-order valence-electron chi connectivity index (χ4n) is 3.82. The molecular weight excluding hydrogens is 524 g/mol. The van der Waals surface area contributed by atoms with E-state index in [2.05, 4.69) is 0 Å². The minimum Gasteiger partial charge on any atom is -0.508 e. The summed E-state index contributed by atoms with van der Waals surface area (Å²) in [4.78, 5) is 23.5. The van der Waals surface area contributed by atoms with Gasteiger partial charge in [0.2, 0.25) is 0 Å². The molecular formula is C33H42O8. The third-order valence-electron chi connectivity index (χ3n) is 5.78. The van der Waals surface area contributed by atoms with Gasteiger partial charge in [0.05, 0.1) is 13.2 Å². The van der Waals surface area contributed by atoms with Gasteiger partial charge in [-0.1, -0.05) is 54.6 Å². The first-order valence-corrected chi connectivity index (χ1v) is 14.0. The van der Waals surface area contributed by atoms with E-state index in [0.717, 1.165) is 22.4 Å². The number of carbonyl (C=O) groups excluding carboxylic acids is 2. The molecule has 0 aromatic heterocycles. The van der Waals surface area contributed by atoms with Crippen molar-refractivity contribution in [3.8, 4) is 11.5 Å². The van der Waals surface area contributed by atoms with E-state index < -0.39 is 12.2 Å². The normalized spacial score (nSPS) is 11.9. The summed E-state index contributed by atoms with van der Waals surface area (Å²) in [6.07, 6.45) is -0.200. The molecule has 3 rings (SSSR count). The average molecular weight is 567 g/mol. The number of benzene rings is 3. The molecule has 8 heteroatoms. The van der Waals surface area contributed by atoms with E-state index in [4.69, 9.17) is 28.8 Å². The highest BCUT2D eigenvalue weighted by atomic mass is 16.6. The van der Waals surface area contributed by atoms with Gasteiger partial charge in [-0.15, -0.1) is 0 Å². The van der Waals surface area contributed by atoms with Crippen LogP contribution in [0.1, 0.15) is 44.4 Å². The van der Waals surface area contributed by atoms with Crippen LogP contribution in [0.5, 0.6) is 11.5 Å². The van der Waals surface area contributed by atoms with Gasteiger partial charge in [-0.25, -0.2) is 9.59 Å². The lowest BCUT2D eigenvalue weighted by Gasteiger charge is -2.15. The van der Waals surface area contributed by atoms with Crippen LogP contribution in [0.3, 0.4) is 0 Å². The van der Waals surface area contributed by atoms with Crippen LogP contribution in [0.4, 0.5) is 0 Å². The Morgan fingerprint density at radius 2 is 1.07 bits per heavy atom. The second kappa shape index (κ2) is 19.2. The Balaban J connectivity index is 0.000000305. The molecule has 0 unspecified atom stereocenters. The summed E-state index contributed by atoms with van der Waals surface area (Å²) in [7, 11) is 0. The number of aromatic hydroxyl groups is 1. The molecule has 0 aliphatic carbocycles. The van der Waals surface area contributed by atoms with E-state index in [1.54, 1.807) is 38.1 Å². The zero-order valence-corrected chi connectivity index (χ0v) is 24.4. The lowest BCUT2D eigenvalue weighted by atomic mass is 10.1. The minimum absolute atomic E-state index is 0.206. The molecule has 0 saturated heterocycles. The Kier molecular flexibility index (Phi) is 15.6. The fraction of sp³-hybridized carbons (Fsp3) is 0.394. The maximum absolute atomic E-state index is 11.9. The van der Waals surface area contributed by atoms with E-state index >= 15 is 0 Å². The summed E-state index contributed by atoms with van der Waals surface area (Å²) in [5.41, 5.74) is 3.06. The molecule has 222 valence electrons. The molecule has 1 N–H and O–H groups in total. The van der Waals surface area contributed by atoms with Gasteiger partial charge in [-0.2, -0.15) is 0 Å². The predicted molar refractivity (Wildman–Crippen MR) is 157 cm³/mol. The molecule has 0 spiro atoms. The topological polar surface area (TPSA) is 101 Å². The summed E-state index contributed by atoms with van der Waals surface area (Å²) >= 11 is 0. The van der Waals surface area contributed by atoms with Crippen LogP contribution < -0.4 is 4.74 Å². The second-order valence-corrected chi connectivity index (χ2v) is 8.88. The standard InChI is InChI=1S/C20H24O4.C13H18O4/c1-3-22-19(20(21)23-4-2)14-16-10-12-18(13-11-16)24-15-17-8-6-5-7-9-17;1-3-16-12(13(15)17-4-2)9-10-5-7-11(14)8-6-10/h5-13,19H,3-4,14-15H2,1-2H3;5-8,12,14H,3-4,9H2,1-2H3/t19-;12-/m00/s1. The van der Waals surface area contributed by atoms with Gasteiger partial charge >= 0.3 is 11.9 Å². The number of carbonyl (C=O) groups is 2. The second-order valence-electron chi connectivity index (χ2n) is 8.88. The Bertz CT molecular complexity index is 1130. The van der Waals surface area contributed by atoms with Crippen LogP contribution in [-0.4, -0.2) is 55.7 Å². The SMILES string of the molecule is CCOC(=O)[C@H](Cc1ccc(O)cc1)OCC.CCOC(=O)[C@H](Cc1ccc(OCc2ccccc2)cc1)OCC. The van der Waals surface area contributed by atoms with E-state index in [-0.39, 0.29) is 17.7 Å². The van der Waals surface area contributed by atoms with Gasteiger partial charge in [-0.05, 0) is 68.7 Å². The number of rotatable bonds is 15. The number of ether oxygens (including phenoxy) is 5. The number of phenolic OH excluding ortho intramolecular Hbond substituents is 1. The third-order valence-corrected chi connectivity index (χ3v) is 5.78. The summed E-state index contributed by atoms with van der Waals surface area (Å²) in [6.45, 7) is 9.43. The molecule has 0 fully saturated rings. The molecule has 0 radical (unpaired) electrons. The van der Waals surface area contributed by atoms with Gasteiger partial charge in [0.1, 0.15) is 18.1 Å². The Hall–Kier alpha value is -3.88. The van der Waals surface area contributed by atoms with E-state index in [9.17, 15) is 9.59 Å². The summed E-state index contributed by atoms with van der Waals surface area (Å²) in [5, 5.41) is 9.16. The zero-order valence-electron chi connectivity index (χ0n) is 24.4. The molecule has 0 bridgehead atoms. The molecule has 41 heavy (non-hydrogen) atoms. The molecule has 0 heterocycles. The van der Waals surface area contributed by atoms with E-state index in [1.807, 2.05) is 68.4 Å². The Morgan fingerprint density at radius 1 is 0.610 bits per heavy atom. The van der Waals surface area contributed by atoms with Crippen molar-refractivity contribution in [2.45, 2.75) is 59.4 Å². The van der Waals surface area contributed by atoms with Crippen molar-refractivity contribution in [2.24, 2.45) is 0 Å². The molecule has 3 aromatic carbocycles. The number of esters is 2. The summed E-state index contributed by atoms with van der Waals surface area (Å²) in [6, 6.07) is 24.4. The molecule has 0 saturated carbocycles. The Labute approximate surface area is 243 Å². The van der Waals surface area contributed by atoms with Crippen LogP contribution in [-0.2, 0) is 48.0 Å². The van der Waals surface area contributed by atoms with Crippen molar-refractivity contribution in [3.63, 3.8) is 0 Å². The van der Waals surface area contributed by atoms with E-state index in [0.29, 0.717) is 45.9 Å². The number of hydrogen-bond donors (Lipinski definition) is 1. The third kappa shape index (κ3) is 12.9. The lowest BCUT2D eigenvalue weighted by Crippen LogP contribution is -2.28. The van der Waals surface area contributed by atoms with Gasteiger partial charge < -0.3 is 28.8 Å². The summed E-state index contributed by atoms with van der Waals surface area (Å²) < 4.78 is 26.6. The van der Waals surface area contributed by atoms with Crippen molar-refractivity contribution in [3.05, 3.63) is 95.6 Å². The van der Waals surface area contributed by atoms with Crippen molar-refractivity contribution >= 4 is 11.9 Å². The monoisotopic (exact) mass is 566 g/mol. The van der Waals surface area contributed by atoms with Crippen LogP contribution in [0.25, 0.3) is 0 Å². The minimum atomic E-state index is -0.579. The largest absolute Gasteiger partial charge is 0.508 e. The molecule has 0 aliphatic rings. The van der Waals surface area contributed by atoms with Crippen LogP contribution in [0, 0.1) is 0 Å². The van der Waals surface area contributed by atoms with Crippen LogP contribution in [0.15, 0.2) is 78.9 Å². The van der Waals surface area contributed by atoms with Gasteiger partial charge in [0.25, 0.3) is 0 Å². The highest BCUT2D eigenvalue weighted by molar-refractivity contribution is 5.75. The van der Waals surface area contributed by atoms with Gasteiger partial charge in [0.15, 0.2) is 12.2 Å². The zero-order chi connectivity index (χ0) is 29.9. The first kappa shape index (κ1) is 33.3. The molecule has 0 amide bonds. The van der Waals surface area contributed by atoms with Crippen molar-refractivity contribution in [1.82, 2.24) is 0 Å². The van der Waals surface area contributed by atoms with Crippen molar-refractivity contribution in [1.29, 1.82) is 0 Å². The lowest BCUT2D eigenvalue weighted by molar-refractivity contribution is -0.157. The van der Waals surface area contributed by atoms with Crippen LogP contribution >= 0.6 is 0 Å². The average Bonchev–Trinajstić information content (AvgIpc) is 2.98. The molecule has 2 atom stereocenters. The van der Waals surface area contributed by atoms with E-state index in [1.165, 1.54) is 0 Å². The Morgan fingerprint density at radius 3 is 1.51 bits per heavy atom. The molecule has 3 aromatic rings. The number of hydrogen-bond acceptors (Lipinski definition) is 8. The first-order valence-electron chi connectivity index (χ1n) is 14.0. The smallest absolute Gasteiger partial charge is 0.335 e. The van der Waals surface area contributed by atoms with Crippen LogP contribution in [0.2, 0.25) is 0 Å². The molecule has 8 nitrogen and oxygen atoms in total. The van der Waals surface area contributed by atoms with Gasteiger partial charge in [0, 0.05) is 26.1 Å². The first-order chi connectivity index (χ1) is 19.9. The summed E-state index contributed by atoms with van der Waals surface area (Å²) in [5.74, 6) is 0.343. The maximum atomic E-state index is 11.9. The highest BCUT2D eigenvalue weighted by Gasteiger charge is 2.21. The molecule has 0 aliphatic heterocycles. The quantitative estimate of drug-likeness (QED) is 0.235. The fourth-order valence-corrected chi connectivity index (χ4v) is 3.82. The maximum Gasteiger partial charge on any atom is 0.335 e. The number of phenols is 1. The highest BCUT2D eigenvalue weighted by Crippen LogP contribution is 2.17. The van der Waals surface area contributed by atoms with Gasteiger partial charge in [-0.3, -0.25) is 0 Å². The van der Waals surface area contributed by atoms with Crippen molar-refractivity contribution in [2.75, 3.05) is 26.4 Å².